The number of nitrogens with zero attached hydrogens (tertiary/aromatic N) is 5. The first-order valence-electron chi connectivity index (χ1n) is 8.96. The SMILES string of the molecule is CCc1ccc(OCC(C)=NNc2nc3c(c(=O)n(C)c(=O)n3C)n2C)cc1. The fourth-order valence-electron chi connectivity index (χ4n) is 2.81. The highest BCUT2D eigenvalue weighted by atomic mass is 16.5. The quantitative estimate of drug-likeness (QED) is 0.512. The molecule has 0 saturated carbocycles. The van der Waals surface area contributed by atoms with Crippen LogP contribution in [0.3, 0.4) is 0 Å². The number of hydrogen-bond acceptors (Lipinski definition) is 6. The lowest BCUT2D eigenvalue weighted by atomic mass is 10.2. The molecule has 2 aromatic heterocycles. The minimum atomic E-state index is -0.427. The highest BCUT2D eigenvalue weighted by Gasteiger charge is 2.16. The summed E-state index contributed by atoms with van der Waals surface area (Å²) in [4.78, 5) is 28.8. The molecule has 0 aliphatic rings. The molecular weight excluding hydrogens is 360 g/mol. The van der Waals surface area contributed by atoms with Crippen molar-refractivity contribution in [2.75, 3.05) is 12.0 Å². The number of hydrazone groups is 1. The van der Waals surface area contributed by atoms with E-state index in [2.05, 4.69) is 22.4 Å². The van der Waals surface area contributed by atoms with Crippen LogP contribution in [0.4, 0.5) is 5.95 Å². The number of fused-ring (bicyclic) bond motifs is 1. The van der Waals surface area contributed by atoms with Gasteiger partial charge in [-0.15, -0.1) is 0 Å². The van der Waals surface area contributed by atoms with Crippen molar-refractivity contribution in [2.24, 2.45) is 26.2 Å². The Morgan fingerprint density at radius 3 is 2.43 bits per heavy atom. The molecule has 0 unspecified atom stereocenters. The second-order valence-electron chi connectivity index (χ2n) is 6.62. The summed E-state index contributed by atoms with van der Waals surface area (Å²) in [6.07, 6.45) is 0.984. The van der Waals surface area contributed by atoms with Gasteiger partial charge in [0.15, 0.2) is 11.2 Å². The van der Waals surface area contributed by atoms with Gasteiger partial charge in [-0.3, -0.25) is 13.9 Å². The van der Waals surface area contributed by atoms with Crippen molar-refractivity contribution in [3.05, 3.63) is 50.7 Å². The normalized spacial score (nSPS) is 11.8. The van der Waals surface area contributed by atoms with Crippen LogP contribution in [0.5, 0.6) is 5.75 Å². The molecule has 28 heavy (non-hydrogen) atoms. The van der Waals surface area contributed by atoms with Gasteiger partial charge in [-0.2, -0.15) is 10.1 Å². The van der Waals surface area contributed by atoms with Crippen LogP contribution in [0.1, 0.15) is 19.4 Å². The minimum Gasteiger partial charge on any atom is -0.488 e. The van der Waals surface area contributed by atoms with Crippen molar-refractivity contribution in [1.29, 1.82) is 0 Å². The smallest absolute Gasteiger partial charge is 0.332 e. The zero-order chi connectivity index (χ0) is 20.4. The summed E-state index contributed by atoms with van der Waals surface area (Å²) in [5, 5.41) is 4.27. The Kier molecular flexibility index (Phi) is 5.34. The average Bonchev–Trinajstić information content (AvgIpc) is 3.04. The van der Waals surface area contributed by atoms with Crippen LogP contribution < -0.4 is 21.4 Å². The second kappa shape index (κ2) is 7.71. The van der Waals surface area contributed by atoms with E-state index in [1.54, 1.807) is 18.7 Å². The summed E-state index contributed by atoms with van der Waals surface area (Å²) in [6, 6.07) is 7.93. The molecule has 1 N–H and O–H groups in total. The van der Waals surface area contributed by atoms with Gasteiger partial charge in [0.25, 0.3) is 5.56 Å². The molecule has 0 spiro atoms. The van der Waals surface area contributed by atoms with E-state index in [-0.39, 0.29) is 0 Å². The predicted molar refractivity (Wildman–Crippen MR) is 109 cm³/mol. The van der Waals surface area contributed by atoms with E-state index >= 15 is 0 Å². The van der Waals surface area contributed by atoms with E-state index < -0.39 is 11.2 Å². The number of rotatable bonds is 6. The van der Waals surface area contributed by atoms with E-state index in [1.807, 2.05) is 31.2 Å². The van der Waals surface area contributed by atoms with Crippen LogP contribution >= 0.6 is 0 Å². The van der Waals surface area contributed by atoms with E-state index in [1.165, 1.54) is 17.2 Å². The first kappa shape index (κ1) is 19.4. The van der Waals surface area contributed by atoms with Crippen LogP contribution in [0.2, 0.25) is 0 Å². The molecule has 0 saturated heterocycles. The van der Waals surface area contributed by atoms with Crippen LogP contribution in [0, 0.1) is 0 Å². The molecule has 0 bridgehead atoms. The van der Waals surface area contributed by atoms with Crippen LogP contribution in [-0.2, 0) is 27.6 Å². The summed E-state index contributed by atoms with van der Waals surface area (Å²) in [5.74, 6) is 1.13. The Labute approximate surface area is 161 Å². The lowest BCUT2D eigenvalue weighted by Gasteiger charge is -2.07. The molecular formula is C19H24N6O3. The van der Waals surface area contributed by atoms with Crippen molar-refractivity contribution in [1.82, 2.24) is 18.7 Å². The van der Waals surface area contributed by atoms with E-state index in [0.29, 0.717) is 29.4 Å². The number of hydrogen-bond donors (Lipinski definition) is 1. The zero-order valence-electron chi connectivity index (χ0n) is 16.7. The molecule has 0 aliphatic heterocycles. The van der Waals surface area contributed by atoms with Gasteiger partial charge < -0.3 is 9.30 Å². The molecule has 9 nitrogen and oxygen atoms in total. The number of imidazole rings is 1. The predicted octanol–water partition coefficient (Wildman–Crippen LogP) is 1.40. The number of aromatic nitrogens is 4. The van der Waals surface area contributed by atoms with Crippen molar-refractivity contribution >= 4 is 22.8 Å². The van der Waals surface area contributed by atoms with Crippen molar-refractivity contribution < 1.29 is 4.74 Å². The van der Waals surface area contributed by atoms with Gasteiger partial charge in [0.05, 0.1) is 5.71 Å². The fourth-order valence-corrected chi connectivity index (χ4v) is 2.81. The Bertz CT molecular complexity index is 1150. The van der Waals surface area contributed by atoms with Crippen molar-refractivity contribution in [3.63, 3.8) is 0 Å². The largest absolute Gasteiger partial charge is 0.488 e. The van der Waals surface area contributed by atoms with Gasteiger partial charge in [-0.1, -0.05) is 19.1 Å². The summed E-state index contributed by atoms with van der Waals surface area (Å²) >= 11 is 0. The van der Waals surface area contributed by atoms with Crippen LogP contribution in [0.15, 0.2) is 39.0 Å². The molecule has 3 aromatic rings. The highest BCUT2D eigenvalue weighted by molar-refractivity contribution is 5.84. The molecule has 1 aromatic carbocycles. The molecule has 3 rings (SSSR count). The lowest BCUT2D eigenvalue weighted by molar-refractivity contribution is 0.375. The average molecular weight is 384 g/mol. The summed E-state index contributed by atoms with van der Waals surface area (Å²) < 4.78 is 9.69. The Morgan fingerprint density at radius 1 is 1.11 bits per heavy atom. The van der Waals surface area contributed by atoms with Gasteiger partial charge in [-0.05, 0) is 31.0 Å². The Balaban J connectivity index is 1.77. The van der Waals surface area contributed by atoms with Gasteiger partial charge in [0.2, 0.25) is 5.95 Å². The lowest BCUT2D eigenvalue weighted by Crippen LogP contribution is -2.37. The molecule has 148 valence electrons. The first-order valence-corrected chi connectivity index (χ1v) is 8.96. The maximum absolute atomic E-state index is 12.4. The zero-order valence-corrected chi connectivity index (χ0v) is 16.7. The van der Waals surface area contributed by atoms with Gasteiger partial charge in [0, 0.05) is 21.1 Å². The summed E-state index contributed by atoms with van der Waals surface area (Å²) in [7, 11) is 4.71. The minimum absolute atomic E-state index is 0.304. The van der Waals surface area contributed by atoms with Gasteiger partial charge in [-0.25, -0.2) is 10.2 Å². The molecule has 9 heteroatoms. The number of benzene rings is 1. The summed E-state index contributed by atoms with van der Waals surface area (Å²) in [5.41, 5.74) is 4.60. The maximum Gasteiger partial charge on any atom is 0.332 e. The third kappa shape index (κ3) is 3.55. The molecule has 0 aliphatic carbocycles. The molecule has 0 fully saturated rings. The number of aryl methyl sites for hydroxylation is 3. The van der Waals surface area contributed by atoms with Crippen molar-refractivity contribution in [3.8, 4) is 5.75 Å². The number of nitrogens with one attached hydrogen (secondary N) is 1. The monoisotopic (exact) mass is 384 g/mol. The maximum atomic E-state index is 12.4. The van der Waals surface area contributed by atoms with Crippen molar-refractivity contribution in [2.45, 2.75) is 20.3 Å². The number of anilines is 1. The van der Waals surface area contributed by atoms with E-state index in [4.69, 9.17) is 4.74 Å². The second-order valence-corrected chi connectivity index (χ2v) is 6.62. The Hall–Kier alpha value is -3.36. The van der Waals surface area contributed by atoms with E-state index in [0.717, 1.165) is 16.7 Å². The standard InChI is InChI=1S/C19H24N6O3/c1-6-13-7-9-14(10-8-13)28-11-12(2)21-22-18-20-16-15(23(18)3)17(26)25(5)19(27)24(16)4/h7-10H,6,11H2,1-5H3,(H,20,22). The molecule has 0 radical (unpaired) electrons. The first-order chi connectivity index (χ1) is 13.3. The third-order valence-electron chi connectivity index (χ3n) is 4.60. The summed E-state index contributed by atoms with van der Waals surface area (Å²) in [6.45, 7) is 4.24. The molecule has 2 heterocycles. The van der Waals surface area contributed by atoms with Crippen LogP contribution in [-0.4, -0.2) is 31.0 Å². The van der Waals surface area contributed by atoms with Crippen LogP contribution in [0.25, 0.3) is 11.2 Å². The molecule has 0 atom stereocenters. The molecule has 0 amide bonds. The number of ether oxygens (including phenoxy) is 1. The van der Waals surface area contributed by atoms with E-state index in [9.17, 15) is 9.59 Å². The van der Waals surface area contributed by atoms with Gasteiger partial charge >= 0.3 is 5.69 Å². The fraction of sp³-hybridized carbons (Fsp3) is 0.368. The third-order valence-corrected chi connectivity index (χ3v) is 4.60. The van der Waals surface area contributed by atoms with Gasteiger partial charge in [0.1, 0.15) is 12.4 Å². The highest BCUT2D eigenvalue weighted by Crippen LogP contribution is 2.14. The Morgan fingerprint density at radius 2 is 1.79 bits per heavy atom. The topological polar surface area (TPSA) is 95.4 Å².